The fourth-order valence-corrected chi connectivity index (χ4v) is 2.75. The summed E-state index contributed by atoms with van der Waals surface area (Å²) in [4.78, 5) is 24.5. The molecule has 1 heterocycles. The monoisotopic (exact) mass is 210 g/mol. The van der Waals surface area contributed by atoms with Gasteiger partial charge in [-0.25, -0.2) is 0 Å². The van der Waals surface area contributed by atoms with Gasteiger partial charge < -0.3 is 0 Å². The van der Waals surface area contributed by atoms with Crippen molar-refractivity contribution in [3.8, 4) is 0 Å². The lowest BCUT2D eigenvalue weighted by Crippen LogP contribution is -2.55. The number of nitrogens with one attached hydrogen (secondary N) is 1. The Kier molecular flexibility index (Phi) is 2.78. The highest BCUT2D eigenvalue weighted by Crippen LogP contribution is 2.34. The summed E-state index contributed by atoms with van der Waals surface area (Å²) in [5.74, 6) is 0.981. The topological polar surface area (TPSA) is 49.4 Å². The molecule has 4 nitrogen and oxygen atoms in total. The fourth-order valence-electron chi connectivity index (χ4n) is 2.75. The van der Waals surface area contributed by atoms with Crippen LogP contribution in [-0.2, 0) is 9.59 Å². The minimum absolute atomic E-state index is 0.155. The van der Waals surface area contributed by atoms with Gasteiger partial charge >= 0.3 is 0 Å². The fraction of sp³-hybridized carbons (Fsp3) is 0.818. The summed E-state index contributed by atoms with van der Waals surface area (Å²) in [5.41, 5.74) is 0. The van der Waals surface area contributed by atoms with Crippen molar-refractivity contribution < 1.29 is 9.59 Å². The first-order valence-corrected chi connectivity index (χ1v) is 5.64. The lowest BCUT2D eigenvalue weighted by molar-refractivity contribution is -0.137. The molecule has 1 saturated heterocycles. The van der Waals surface area contributed by atoms with E-state index in [1.165, 1.54) is 6.42 Å². The SMILES string of the molecule is CC1CCC(N2CC(=O)NC(=O)C2)C1C. The van der Waals surface area contributed by atoms with Crippen molar-refractivity contribution in [3.05, 3.63) is 0 Å². The molecule has 0 aromatic heterocycles. The molecule has 4 heteroatoms. The molecule has 0 aromatic rings. The van der Waals surface area contributed by atoms with Crippen LogP contribution in [-0.4, -0.2) is 35.8 Å². The van der Waals surface area contributed by atoms with E-state index in [-0.39, 0.29) is 11.8 Å². The Morgan fingerprint density at radius 1 is 1.13 bits per heavy atom. The van der Waals surface area contributed by atoms with Gasteiger partial charge in [0, 0.05) is 6.04 Å². The number of nitrogens with zero attached hydrogens (tertiary/aromatic N) is 1. The molecule has 0 radical (unpaired) electrons. The predicted octanol–water partition coefficient (Wildman–Crippen LogP) is 0.379. The number of hydrogen-bond donors (Lipinski definition) is 1. The maximum atomic E-state index is 11.3. The summed E-state index contributed by atoms with van der Waals surface area (Å²) in [7, 11) is 0. The molecule has 84 valence electrons. The minimum Gasteiger partial charge on any atom is -0.294 e. The molecular formula is C11H18N2O2. The first-order valence-electron chi connectivity index (χ1n) is 5.64. The van der Waals surface area contributed by atoms with Crippen LogP contribution in [0.4, 0.5) is 0 Å². The molecule has 1 N–H and O–H groups in total. The van der Waals surface area contributed by atoms with Crippen LogP contribution in [0.25, 0.3) is 0 Å². The molecule has 2 fully saturated rings. The predicted molar refractivity (Wildman–Crippen MR) is 56.1 cm³/mol. The summed E-state index contributed by atoms with van der Waals surface area (Å²) < 4.78 is 0. The largest absolute Gasteiger partial charge is 0.294 e. The normalized spacial score (nSPS) is 38.1. The molecule has 2 rings (SSSR count). The molecule has 2 aliphatic rings. The van der Waals surface area contributed by atoms with Gasteiger partial charge in [-0.3, -0.25) is 19.8 Å². The third-order valence-electron chi connectivity index (χ3n) is 3.86. The van der Waals surface area contributed by atoms with E-state index in [4.69, 9.17) is 0 Å². The Hall–Kier alpha value is -0.900. The second kappa shape index (κ2) is 3.93. The standard InChI is InChI=1S/C11H18N2O2/c1-7-3-4-9(8(7)2)13-5-10(14)12-11(15)6-13/h7-9H,3-6H2,1-2H3,(H,12,14,15). The number of piperazine rings is 1. The quantitative estimate of drug-likeness (QED) is 0.636. The average Bonchev–Trinajstić information content (AvgIpc) is 2.46. The van der Waals surface area contributed by atoms with Gasteiger partial charge in [-0.2, -0.15) is 0 Å². The Morgan fingerprint density at radius 2 is 1.73 bits per heavy atom. The van der Waals surface area contributed by atoms with Crippen LogP contribution < -0.4 is 5.32 Å². The zero-order valence-electron chi connectivity index (χ0n) is 9.32. The second-order valence-corrected chi connectivity index (χ2v) is 4.86. The van der Waals surface area contributed by atoms with Crippen molar-refractivity contribution >= 4 is 11.8 Å². The molecule has 0 spiro atoms. The molecule has 0 aromatic carbocycles. The maximum Gasteiger partial charge on any atom is 0.240 e. The van der Waals surface area contributed by atoms with Crippen LogP contribution in [0.15, 0.2) is 0 Å². The van der Waals surface area contributed by atoms with E-state index in [1.54, 1.807) is 0 Å². The molecule has 2 amide bonds. The van der Waals surface area contributed by atoms with Gasteiger partial charge in [-0.15, -0.1) is 0 Å². The number of imide groups is 1. The number of carbonyl (C=O) groups excluding carboxylic acids is 2. The molecule has 15 heavy (non-hydrogen) atoms. The van der Waals surface area contributed by atoms with E-state index in [1.807, 2.05) is 4.90 Å². The van der Waals surface area contributed by atoms with E-state index in [2.05, 4.69) is 19.2 Å². The van der Waals surface area contributed by atoms with Crippen LogP contribution >= 0.6 is 0 Å². The van der Waals surface area contributed by atoms with E-state index >= 15 is 0 Å². The van der Waals surface area contributed by atoms with Crippen LogP contribution in [0.5, 0.6) is 0 Å². The Balaban J connectivity index is 2.04. The lowest BCUT2D eigenvalue weighted by Gasteiger charge is -2.33. The highest BCUT2D eigenvalue weighted by Gasteiger charge is 2.37. The Bertz CT molecular complexity index is 274. The average molecular weight is 210 g/mol. The summed E-state index contributed by atoms with van der Waals surface area (Å²) in [6.45, 7) is 5.23. The molecule has 1 saturated carbocycles. The van der Waals surface area contributed by atoms with Crippen molar-refractivity contribution in [2.45, 2.75) is 32.7 Å². The van der Waals surface area contributed by atoms with Gasteiger partial charge in [0.05, 0.1) is 13.1 Å². The zero-order chi connectivity index (χ0) is 11.0. The minimum atomic E-state index is -0.155. The molecule has 1 aliphatic carbocycles. The molecule has 1 aliphatic heterocycles. The summed E-state index contributed by atoms with van der Waals surface area (Å²) >= 11 is 0. The molecule has 0 bridgehead atoms. The molecule has 3 unspecified atom stereocenters. The van der Waals surface area contributed by atoms with E-state index in [9.17, 15) is 9.59 Å². The van der Waals surface area contributed by atoms with Crippen molar-refractivity contribution in [1.82, 2.24) is 10.2 Å². The van der Waals surface area contributed by atoms with Gasteiger partial charge in [-0.05, 0) is 24.7 Å². The maximum absolute atomic E-state index is 11.3. The zero-order valence-corrected chi connectivity index (χ0v) is 9.32. The van der Waals surface area contributed by atoms with Gasteiger partial charge in [0.2, 0.25) is 11.8 Å². The Morgan fingerprint density at radius 3 is 2.20 bits per heavy atom. The molecule has 3 atom stereocenters. The van der Waals surface area contributed by atoms with Crippen molar-refractivity contribution in [1.29, 1.82) is 0 Å². The van der Waals surface area contributed by atoms with Gasteiger partial charge in [0.25, 0.3) is 0 Å². The highest BCUT2D eigenvalue weighted by molar-refractivity contribution is 5.99. The highest BCUT2D eigenvalue weighted by atomic mass is 16.2. The summed E-state index contributed by atoms with van der Waals surface area (Å²) in [5, 5.41) is 2.34. The third-order valence-corrected chi connectivity index (χ3v) is 3.86. The number of carbonyl (C=O) groups is 2. The van der Waals surface area contributed by atoms with Crippen LogP contribution in [0.1, 0.15) is 26.7 Å². The first-order chi connectivity index (χ1) is 7.08. The number of rotatable bonds is 1. The second-order valence-electron chi connectivity index (χ2n) is 4.86. The smallest absolute Gasteiger partial charge is 0.240 e. The summed E-state index contributed by atoms with van der Waals surface area (Å²) in [6, 6.07) is 0.412. The van der Waals surface area contributed by atoms with E-state index in [0.717, 1.165) is 6.42 Å². The van der Waals surface area contributed by atoms with E-state index in [0.29, 0.717) is 31.0 Å². The van der Waals surface area contributed by atoms with Crippen LogP contribution in [0.2, 0.25) is 0 Å². The number of amides is 2. The Labute approximate surface area is 90.0 Å². The first kappa shape index (κ1) is 10.6. The van der Waals surface area contributed by atoms with Crippen LogP contribution in [0, 0.1) is 11.8 Å². The lowest BCUT2D eigenvalue weighted by atomic mass is 9.96. The molecular weight excluding hydrogens is 192 g/mol. The third kappa shape index (κ3) is 2.04. The van der Waals surface area contributed by atoms with Crippen molar-refractivity contribution in [2.24, 2.45) is 11.8 Å². The van der Waals surface area contributed by atoms with E-state index < -0.39 is 0 Å². The summed E-state index contributed by atoms with van der Waals surface area (Å²) in [6.07, 6.45) is 2.32. The van der Waals surface area contributed by atoms with Gasteiger partial charge in [-0.1, -0.05) is 13.8 Å². The van der Waals surface area contributed by atoms with Crippen molar-refractivity contribution in [3.63, 3.8) is 0 Å². The van der Waals surface area contributed by atoms with Gasteiger partial charge in [0.15, 0.2) is 0 Å². The van der Waals surface area contributed by atoms with Crippen LogP contribution in [0.3, 0.4) is 0 Å². The number of hydrogen-bond acceptors (Lipinski definition) is 3. The van der Waals surface area contributed by atoms with Crippen molar-refractivity contribution in [2.75, 3.05) is 13.1 Å². The van der Waals surface area contributed by atoms with Gasteiger partial charge in [0.1, 0.15) is 0 Å².